The number of ether oxygens (including phenoxy) is 6. The van der Waals surface area contributed by atoms with Crippen molar-refractivity contribution in [2.45, 2.75) is 83.1 Å². The van der Waals surface area contributed by atoms with Crippen LogP contribution in [0.15, 0.2) is 126 Å². The van der Waals surface area contributed by atoms with E-state index in [-0.39, 0.29) is 38.8 Å². The Morgan fingerprint density at radius 2 is 1.44 bits per heavy atom. The van der Waals surface area contributed by atoms with Crippen LogP contribution in [-0.4, -0.2) is 91.5 Å². The predicted molar refractivity (Wildman–Crippen MR) is 225 cm³/mol. The van der Waals surface area contributed by atoms with E-state index < -0.39 is 60.4 Å². The first kappa shape index (κ1) is 43.6. The van der Waals surface area contributed by atoms with Crippen molar-refractivity contribution < 1.29 is 52.3 Å². The number of ketones is 1. The van der Waals surface area contributed by atoms with Gasteiger partial charge in [0.15, 0.2) is 12.1 Å². The number of methoxy groups -OCH3 is 1. The lowest BCUT2D eigenvalue weighted by Crippen LogP contribution is -2.61. The number of amides is 2. The molecule has 5 aromatic rings. The minimum Gasteiger partial charge on any atom is -0.457 e. The van der Waals surface area contributed by atoms with Gasteiger partial charge >= 0.3 is 6.09 Å². The minimum absolute atomic E-state index is 0.0170. The average molecular weight is 832 g/mol. The molecule has 3 heterocycles. The molecule has 4 aromatic carbocycles. The number of rotatable bonds is 19. The van der Waals surface area contributed by atoms with Crippen LogP contribution in [0.2, 0.25) is 0 Å². The van der Waals surface area contributed by atoms with Gasteiger partial charge in [-0.25, -0.2) is 9.69 Å². The van der Waals surface area contributed by atoms with Gasteiger partial charge in [-0.05, 0) is 55.0 Å². The van der Waals surface area contributed by atoms with Crippen molar-refractivity contribution in [3.05, 3.63) is 155 Å². The number of furan rings is 1. The van der Waals surface area contributed by atoms with Gasteiger partial charge in [-0.15, -0.1) is 0 Å². The molecule has 0 saturated carbocycles. The molecule has 2 fully saturated rings. The molecule has 61 heavy (non-hydrogen) atoms. The Bertz CT molecular complexity index is 2190. The van der Waals surface area contributed by atoms with E-state index in [0.717, 1.165) is 32.7 Å². The highest BCUT2D eigenvalue weighted by atomic mass is 16.7. The van der Waals surface area contributed by atoms with Crippen LogP contribution in [0.4, 0.5) is 4.79 Å². The number of nitrogens with zero attached hydrogens (tertiary/aromatic N) is 1. The summed E-state index contributed by atoms with van der Waals surface area (Å²) >= 11 is 0. The molecule has 2 aliphatic heterocycles. The molecule has 0 aliphatic carbocycles. The second-order valence-corrected chi connectivity index (χ2v) is 15.5. The number of benzene rings is 4. The Hall–Kier alpha value is -5.47. The summed E-state index contributed by atoms with van der Waals surface area (Å²) in [6, 6.07) is 38.0. The molecule has 0 spiro atoms. The quantitative estimate of drug-likeness (QED) is 0.0502. The van der Waals surface area contributed by atoms with E-state index in [0.29, 0.717) is 30.6 Å². The topological polar surface area (TPSA) is 143 Å². The minimum atomic E-state index is -1.21. The van der Waals surface area contributed by atoms with Crippen molar-refractivity contribution in [3.63, 3.8) is 0 Å². The zero-order chi connectivity index (χ0) is 42.7. The molecule has 7 rings (SSSR count). The fourth-order valence-corrected chi connectivity index (χ4v) is 7.86. The normalized spacial score (nSPS) is 21.9. The number of hydrogen-bond donors (Lipinski definition) is 1. The van der Waals surface area contributed by atoms with E-state index in [1.165, 1.54) is 14.0 Å². The number of aliphatic hydroxyl groups excluding tert-OH is 1. The summed E-state index contributed by atoms with van der Waals surface area (Å²) < 4.78 is 43.1. The summed E-state index contributed by atoms with van der Waals surface area (Å²) in [6.45, 7) is 3.96. The molecule has 7 atom stereocenters. The molecular formula is C49H53NO11. The number of aliphatic hydroxyl groups is 1. The van der Waals surface area contributed by atoms with Crippen LogP contribution >= 0.6 is 0 Å². The molecule has 7 unspecified atom stereocenters. The molecule has 2 saturated heterocycles. The maximum absolute atomic E-state index is 14.0. The lowest BCUT2D eigenvalue weighted by molar-refractivity contribution is -0.319. The fourth-order valence-electron chi connectivity index (χ4n) is 7.86. The third kappa shape index (κ3) is 10.7. The van der Waals surface area contributed by atoms with Gasteiger partial charge in [0.25, 0.3) is 0 Å². The van der Waals surface area contributed by atoms with Gasteiger partial charge < -0.3 is 37.9 Å². The van der Waals surface area contributed by atoms with Crippen LogP contribution in [-0.2, 0) is 59.3 Å². The van der Waals surface area contributed by atoms with E-state index >= 15 is 0 Å². The van der Waals surface area contributed by atoms with Crippen LogP contribution in [0.25, 0.3) is 11.1 Å². The smallest absolute Gasteiger partial charge is 0.417 e. The van der Waals surface area contributed by atoms with E-state index in [2.05, 4.69) is 0 Å². The first-order valence-electron chi connectivity index (χ1n) is 20.7. The highest BCUT2D eigenvalue weighted by Crippen LogP contribution is 2.33. The third-order valence-electron chi connectivity index (χ3n) is 11.1. The van der Waals surface area contributed by atoms with Gasteiger partial charge in [0.2, 0.25) is 11.7 Å². The highest BCUT2D eigenvalue weighted by Gasteiger charge is 2.48. The first-order valence-corrected chi connectivity index (χ1v) is 20.7. The van der Waals surface area contributed by atoms with Gasteiger partial charge in [0.1, 0.15) is 42.7 Å². The van der Waals surface area contributed by atoms with E-state index in [1.807, 2.05) is 122 Å². The van der Waals surface area contributed by atoms with E-state index in [4.69, 9.17) is 32.8 Å². The van der Waals surface area contributed by atoms with Crippen LogP contribution < -0.4 is 0 Å². The van der Waals surface area contributed by atoms with Gasteiger partial charge in [-0.3, -0.25) is 9.59 Å². The Morgan fingerprint density at radius 1 is 0.803 bits per heavy atom. The number of aryl methyl sites for hydroxylation is 2. The van der Waals surface area contributed by atoms with Crippen LogP contribution in [0.3, 0.4) is 0 Å². The summed E-state index contributed by atoms with van der Waals surface area (Å²) in [6.07, 6.45) is -3.25. The van der Waals surface area contributed by atoms with Crippen LogP contribution in [0, 0.1) is 12.8 Å². The van der Waals surface area contributed by atoms with Gasteiger partial charge in [-0.1, -0.05) is 121 Å². The largest absolute Gasteiger partial charge is 0.457 e. The molecule has 320 valence electrons. The maximum Gasteiger partial charge on any atom is 0.417 e. The molecule has 12 heteroatoms. The number of imide groups is 1. The molecule has 2 aliphatic rings. The Balaban J connectivity index is 1.08. The number of cyclic esters (lactones) is 1. The summed E-state index contributed by atoms with van der Waals surface area (Å²) in [4.78, 5) is 41.7. The molecule has 2 amide bonds. The SMILES string of the molecule is COC1OC(CO)C(OCc2ccccc2)C(OCc2ccccc2)C1OCCCc1oc(C(=O)C(C)C(=O)N2C(=O)OCC2Cc2ccccc2)cc1-c1cccc(C)c1. The average Bonchev–Trinajstić information content (AvgIpc) is 3.89. The molecule has 1 aromatic heterocycles. The molecule has 0 bridgehead atoms. The highest BCUT2D eigenvalue weighted by molar-refractivity contribution is 6.12. The summed E-state index contributed by atoms with van der Waals surface area (Å²) in [5.74, 6) is -1.83. The Labute approximate surface area is 356 Å². The molecule has 12 nitrogen and oxygen atoms in total. The lowest BCUT2D eigenvalue weighted by atomic mass is 9.97. The van der Waals surface area contributed by atoms with Crippen molar-refractivity contribution >= 4 is 17.8 Å². The monoisotopic (exact) mass is 831 g/mol. The fraction of sp³-hybridized carbons (Fsp3) is 0.367. The second kappa shape index (κ2) is 20.9. The number of carbonyl (C=O) groups excluding carboxylic acids is 3. The molecular weight excluding hydrogens is 779 g/mol. The summed E-state index contributed by atoms with van der Waals surface area (Å²) in [5, 5.41) is 10.4. The Kier molecular flexibility index (Phi) is 14.9. The van der Waals surface area contributed by atoms with Crippen LogP contribution in [0.5, 0.6) is 0 Å². The van der Waals surface area contributed by atoms with Gasteiger partial charge in [0.05, 0.1) is 25.9 Å². The van der Waals surface area contributed by atoms with Gasteiger partial charge in [-0.2, -0.15) is 0 Å². The van der Waals surface area contributed by atoms with E-state index in [1.54, 1.807) is 6.07 Å². The predicted octanol–water partition coefficient (Wildman–Crippen LogP) is 7.52. The number of Topliss-reactive ketones (excluding diaryl/α,β-unsaturated/α-hetero) is 1. The summed E-state index contributed by atoms with van der Waals surface area (Å²) in [5.41, 5.74) is 5.45. The van der Waals surface area contributed by atoms with E-state index in [9.17, 15) is 19.5 Å². The van der Waals surface area contributed by atoms with Crippen molar-refractivity contribution in [3.8, 4) is 11.1 Å². The number of hydrogen-bond acceptors (Lipinski definition) is 11. The van der Waals surface area contributed by atoms with Crippen molar-refractivity contribution in [2.24, 2.45) is 5.92 Å². The number of carbonyl (C=O) groups is 3. The second-order valence-electron chi connectivity index (χ2n) is 15.5. The first-order chi connectivity index (χ1) is 29.7. The Morgan fingerprint density at radius 3 is 2.07 bits per heavy atom. The third-order valence-corrected chi connectivity index (χ3v) is 11.1. The van der Waals surface area contributed by atoms with Crippen LogP contribution in [0.1, 0.15) is 51.9 Å². The zero-order valence-corrected chi connectivity index (χ0v) is 34.7. The lowest BCUT2D eigenvalue weighted by Gasteiger charge is -2.45. The maximum atomic E-state index is 14.0. The molecule has 1 N–H and O–H groups in total. The van der Waals surface area contributed by atoms with Crippen molar-refractivity contribution in [2.75, 3.05) is 26.9 Å². The van der Waals surface area contributed by atoms with Gasteiger partial charge in [0, 0.05) is 25.7 Å². The molecule has 0 radical (unpaired) electrons. The van der Waals surface area contributed by atoms with Crippen molar-refractivity contribution in [1.82, 2.24) is 4.90 Å². The standard InChI is InChI=1S/C49H53NO11/c1-32-15-13-22-37(25-32)39-27-41(43(52)33(2)47(53)50-38(31-59-49(50)54)26-34-16-7-4-8-17-34)60-40(39)23-14-24-56-46-45(58-30-36-20-11-6-12-21-36)44(42(28-51)61-48(46)55-3)57-29-35-18-9-5-10-19-35/h4-13,15-22,25,27,33,38,42,44-46,48,51H,14,23-24,26,28-31H2,1-3H3. The summed E-state index contributed by atoms with van der Waals surface area (Å²) in [7, 11) is 1.52. The van der Waals surface area contributed by atoms with Crippen molar-refractivity contribution in [1.29, 1.82) is 0 Å². The zero-order valence-electron chi connectivity index (χ0n) is 34.7.